The van der Waals surface area contributed by atoms with E-state index in [2.05, 4.69) is 53.9 Å². The lowest BCUT2D eigenvalue weighted by molar-refractivity contribution is -0.432. The number of hydrogen-bond donors (Lipinski definition) is 0. The number of aromatic amines is 3. The summed E-state index contributed by atoms with van der Waals surface area (Å²) in [5, 5.41) is 0. The van der Waals surface area contributed by atoms with Crippen LogP contribution in [-0.4, -0.2) is 0 Å². The number of rotatable bonds is 3. The molecule has 0 radical (unpaired) electrons. The van der Waals surface area contributed by atoms with E-state index in [0.29, 0.717) is 0 Å². The van der Waals surface area contributed by atoms with Crippen molar-refractivity contribution < 1.29 is 34.2 Å². The molecule has 0 aromatic carbocycles. The van der Waals surface area contributed by atoms with E-state index in [1.165, 1.54) is 17.1 Å². The zero-order valence-electron chi connectivity index (χ0n) is 17.1. The average molecular weight is 419 g/mol. The lowest BCUT2D eigenvalue weighted by Gasteiger charge is -2.36. The second kappa shape index (κ2) is 16.5. The van der Waals surface area contributed by atoms with Crippen LogP contribution in [0.1, 0.15) is 37.9 Å². The minimum atomic E-state index is -5.39. The van der Waals surface area contributed by atoms with Gasteiger partial charge in [-0.25, -0.2) is 15.0 Å². The van der Waals surface area contributed by atoms with Crippen molar-refractivity contribution in [1.29, 1.82) is 0 Å². The van der Waals surface area contributed by atoms with Crippen LogP contribution >= 0.6 is 7.82 Å². The largest absolute Gasteiger partial charge is 0.822 e. The van der Waals surface area contributed by atoms with E-state index in [1.807, 2.05) is 55.0 Å². The molecule has 0 aliphatic carbocycles. The fourth-order valence-electron chi connectivity index (χ4n) is 1.95. The minimum absolute atomic E-state index is 1.08. The molecule has 29 heavy (non-hydrogen) atoms. The van der Waals surface area contributed by atoms with E-state index in [1.54, 1.807) is 0 Å². The molecule has 0 aliphatic heterocycles. The van der Waals surface area contributed by atoms with Crippen LogP contribution in [0, 0.1) is 0 Å². The zero-order valence-corrected chi connectivity index (χ0v) is 18.0. The summed E-state index contributed by atoms with van der Waals surface area (Å²) in [4.78, 5) is 35.0. The van der Waals surface area contributed by atoms with Gasteiger partial charge in [0.15, 0.2) is 35.7 Å². The molecule has 3 N–H and O–H groups in total. The van der Waals surface area contributed by atoms with Gasteiger partial charge in [0.2, 0.25) is 0 Å². The minimum Gasteiger partial charge on any atom is -0.822 e. The molecule has 158 valence electrons. The molecule has 0 fully saturated rings. The molecule has 3 aromatic rings. The normalized spacial score (nSPS) is 9.59. The topological polar surface area (TPSA) is 129 Å². The van der Waals surface area contributed by atoms with Gasteiger partial charge in [-0.3, -0.25) is 0 Å². The van der Waals surface area contributed by atoms with Gasteiger partial charge in [0.25, 0.3) is 0 Å². The van der Waals surface area contributed by atoms with Crippen LogP contribution in [-0.2, 0) is 23.8 Å². The predicted octanol–water partition coefficient (Wildman–Crippen LogP) is 0.365. The van der Waals surface area contributed by atoms with Crippen molar-refractivity contribution in [3.8, 4) is 0 Å². The van der Waals surface area contributed by atoms with E-state index in [0.717, 1.165) is 19.3 Å². The Morgan fingerprint density at radius 1 is 0.621 bits per heavy atom. The highest BCUT2D eigenvalue weighted by Crippen LogP contribution is 2.03. The first-order valence-electron chi connectivity index (χ1n) is 9.39. The van der Waals surface area contributed by atoms with Crippen molar-refractivity contribution in [2.24, 2.45) is 0 Å². The van der Waals surface area contributed by atoms with Crippen LogP contribution in [0.2, 0.25) is 0 Å². The van der Waals surface area contributed by atoms with Gasteiger partial charge in [-0.2, -0.15) is 7.82 Å². The van der Waals surface area contributed by atoms with Gasteiger partial charge in [0.1, 0.15) is 0 Å². The number of pyridine rings is 3. The summed E-state index contributed by atoms with van der Waals surface area (Å²) >= 11 is 0. The maximum atomic E-state index is 8.55. The van der Waals surface area contributed by atoms with Crippen LogP contribution in [0.25, 0.3) is 0 Å². The summed E-state index contributed by atoms with van der Waals surface area (Å²) in [7, 11) is -5.39. The predicted molar refractivity (Wildman–Crippen MR) is 105 cm³/mol. The first-order chi connectivity index (χ1) is 13.8. The fraction of sp³-hybridized carbons (Fsp3) is 0.286. The molecule has 0 unspecified atom stereocenters. The van der Waals surface area contributed by atoms with Gasteiger partial charge in [0, 0.05) is 55.7 Å². The molecule has 0 spiro atoms. The summed E-state index contributed by atoms with van der Waals surface area (Å²) in [5.74, 6) is 0. The molecule has 7 nitrogen and oxygen atoms in total. The highest BCUT2D eigenvalue weighted by molar-refractivity contribution is 7.40. The quantitative estimate of drug-likeness (QED) is 0.568. The average Bonchev–Trinajstić information content (AvgIpc) is 2.75. The second-order valence-corrected chi connectivity index (χ2v) is 6.57. The molecule has 3 rings (SSSR count). The molecule has 0 bridgehead atoms. The monoisotopic (exact) mass is 419 g/mol. The molecule has 0 amide bonds. The van der Waals surface area contributed by atoms with Crippen molar-refractivity contribution in [2.45, 2.75) is 40.0 Å². The Balaban J connectivity index is 0.000000367. The fourth-order valence-corrected chi connectivity index (χ4v) is 1.95. The summed E-state index contributed by atoms with van der Waals surface area (Å²) in [5.41, 5.74) is 3.85. The third-order valence-corrected chi connectivity index (χ3v) is 3.46. The van der Waals surface area contributed by atoms with E-state index >= 15 is 0 Å². The first kappa shape index (κ1) is 26.6. The van der Waals surface area contributed by atoms with Crippen LogP contribution in [0.3, 0.4) is 0 Å². The maximum absolute atomic E-state index is 8.55. The van der Waals surface area contributed by atoms with Crippen LogP contribution in [0.5, 0.6) is 0 Å². The Labute approximate surface area is 172 Å². The van der Waals surface area contributed by atoms with Gasteiger partial charge in [-0.15, -0.1) is 0 Å². The van der Waals surface area contributed by atoms with Gasteiger partial charge in [-0.05, 0) is 0 Å². The molecule has 0 saturated carbocycles. The number of H-pyrrole nitrogens is 3. The smallest absolute Gasteiger partial charge is 0.179 e. The van der Waals surface area contributed by atoms with Crippen LogP contribution < -0.4 is 29.6 Å². The Morgan fingerprint density at radius 2 is 0.862 bits per heavy atom. The molecular formula is C21H30N3O4P. The van der Waals surface area contributed by atoms with E-state index in [4.69, 9.17) is 19.2 Å². The van der Waals surface area contributed by atoms with Crippen LogP contribution in [0.15, 0.2) is 73.2 Å². The molecular weight excluding hydrogens is 389 g/mol. The standard InChI is InChI=1S/3C7H9N.H3O4P/c3*1-2-7-5-3-4-6-8-7;1-5(2,3)4/h3*3-6H,2H2,1H3;(H3,1,2,3,4). The summed E-state index contributed by atoms with van der Waals surface area (Å²) < 4.78 is 8.55. The third kappa shape index (κ3) is 18.7. The Morgan fingerprint density at radius 3 is 0.966 bits per heavy atom. The van der Waals surface area contributed by atoms with Crippen LogP contribution in [0.4, 0.5) is 0 Å². The van der Waals surface area contributed by atoms with Crippen molar-refractivity contribution in [3.63, 3.8) is 0 Å². The highest BCUT2D eigenvalue weighted by Gasteiger charge is 1.90. The molecule has 3 heterocycles. The Bertz CT molecular complexity index is 683. The molecule has 0 aliphatic rings. The molecule has 0 saturated heterocycles. The number of nitrogens with one attached hydrogen (secondary N) is 3. The van der Waals surface area contributed by atoms with Gasteiger partial charge >= 0.3 is 0 Å². The number of hydrogen-bond acceptors (Lipinski definition) is 4. The van der Waals surface area contributed by atoms with E-state index in [9.17, 15) is 0 Å². The van der Waals surface area contributed by atoms with Gasteiger partial charge < -0.3 is 19.2 Å². The summed E-state index contributed by atoms with van der Waals surface area (Å²) in [6, 6.07) is 18.3. The SMILES string of the molecule is CCc1cccc[nH+]1.CCc1cccc[nH+]1.CCc1cccc[nH+]1.O=P([O-])([O-])[O-]. The number of aromatic nitrogens is 3. The Kier molecular flexibility index (Phi) is 15.1. The lowest BCUT2D eigenvalue weighted by Crippen LogP contribution is -2.24. The number of aryl methyl sites for hydroxylation is 3. The Hall–Kier alpha value is -2.44. The first-order valence-corrected chi connectivity index (χ1v) is 10.9. The zero-order chi connectivity index (χ0) is 22.0. The van der Waals surface area contributed by atoms with Crippen molar-refractivity contribution in [3.05, 3.63) is 90.3 Å². The lowest BCUT2D eigenvalue weighted by atomic mass is 10.3. The highest BCUT2D eigenvalue weighted by atomic mass is 31.2. The molecule has 8 heteroatoms. The van der Waals surface area contributed by atoms with Crippen molar-refractivity contribution in [2.75, 3.05) is 0 Å². The van der Waals surface area contributed by atoms with E-state index < -0.39 is 7.82 Å². The number of phosphoric acid groups is 1. The summed E-state index contributed by atoms with van der Waals surface area (Å²) in [6.07, 6.45) is 9.08. The maximum Gasteiger partial charge on any atom is 0.179 e. The van der Waals surface area contributed by atoms with Gasteiger partial charge in [-0.1, -0.05) is 39.0 Å². The summed E-state index contributed by atoms with van der Waals surface area (Å²) in [6.45, 7) is 6.39. The molecule has 3 aromatic heterocycles. The van der Waals surface area contributed by atoms with E-state index in [-0.39, 0.29) is 0 Å². The van der Waals surface area contributed by atoms with Gasteiger partial charge in [0.05, 0.1) is 0 Å². The second-order valence-electron chi connectivity index (χ2n) is 5.67. The molecule has 0 atom stereocenters. The third-order valence-electron chi connectivity index (χ3n) is 3.46. The van der Waals surface area contributed by atoms with Crippen molar-refractivity contribution >= 4 is 7.82 Å². The van der Waals surface area contributed by atoms with Crippen molar-refractivity contribution in [1.82, 2.24) is 0 Å².